The third kappa shape index (κ3) is 9.38. The molecule has 0 atom stereocenters. The summed E-state index contributed by atoms with van der Waals surface area (Å²) in [5.74, 6) is 0. The lowest BCUT2D eigenvalue weighted by atomic mass is 10.4. The summed E-state index contributed by atoms with van der Waals surface area (Å²) in [6.45, 7) is 15.4. The molecule has 0 radical (unpaired) electrons. The van der Waals surface area contributed by atoms with Crippen LogP contribution in [0.15, 0.2) is 12.2 Å². The van der Waals surface area contributed by atoms with Gasteiger partial charge in [-0.15, -0.1) is 0 Å². The average Bonchev–Trinajstić information content (AvgIpc) is 2.40. The molecule has 4 heteroatoms. The van der Waals surface area contributed by atoms with Crippen molar-refractivity contribution in [3.63, 3.8) is 0 Å². The van der Waals surface area contributed by atoms with Gasteiger partial charge in [0.15, 0.2) is 0 Å². The summed E-state index contributed by atoms with van der Waals surface area (Å²) in [4.78, 5) is 0. The molecule has 0 aromatic heterocycles. The molecular weight excluding hydrogens is 256 g/mol. The standard InChI is InChI=1S/C15H32O3Si/c1-6-10-17-19(8-3,18-11-7-2)13-9-12-16-14-15(4)5/h4,6-14H2,1-3,5H3. The van der Waals surface area contributed by atoms with E-state index in [1.165, 1.54) is 0 Å². The molecule has 0 saturated carbocycles. The van der Waals surface area contributed by atoms with Crippen LogP contribution in [0.2, 0.25) is 12.1 Å². The zero-order valence-corrected chi connectivity index (χ0v) is 14.3. The Hall–Kier alpha value is -0.163. The van der Waals surface area contributed by atoms with Crippen LogP contribution in [0, 0.1) is 0 Å². The zero-order valence-electron chi connectivity index (χ0n) is 13.3. The minimum absolute atomic E-state index is 0.659. The van der Waals surface area contributed by atoms with Gasteiger partial charge in [-0.05, 0) is 38.3 Å². The Morgan fingerprint density at radius 3 is 2.00 bits per heavy atom. The van der Waals surface area contributed by atoms with Gasteiger partial charge in [0.1, 0.15) is 0 Å². The summed E-state index contributed by atoms with van der Waals surface area (Å²) in [7, 11) is -1.99. The first-order chi connectivity index (χ1) is 9.10. The predicted molar refractivity (Wildman–Crippen MR) is 83.8 cm³/mol. The molecule has 0 heterocycles. The van der Waals surface area contributed by atoms with Crippen molar-refractivity contribution in [1.29, 1.82) is 0 Å². The third-order valence-electron chi connectivity index (χ3n) is 2.87. The Labute approximate surface area is 120 Å². The van der Waals surface area contributed by atoms with Gasteiger partial charge in [0, 0.05) is 19.8 Å². The van der Waals surface area contributed by atoms with Crippen LogP contribution in [-0.4, -0.2) is 35.0 Å². The van der Waals surface area contributed by atoms with Crippen molar-refractivity contribution in [2.45, 2.75) is 59.0 Å². The van der Waals surface area contributed by atoms with Crippen LogP contribution >= 0.6 is 0 Å². The van der Waals surface area contributed by atoms with E-state index in [0.717, 1.165) is 56.7 Å². The van der Waals surface area contributed by atoms with E-state index in [4.69, 9.17) is 13.6 Å². The molecular formula is C15H32O3Si. The second-order valence-corrected chi connectivity index (χ2v) is 8.68. The number of ether oxygens (including phenoxy) is 1. The van der Waals surface area contributed by atoms with Gasteiger partial charge >= 0.3 is 8.56 Å². The van der Waals surface area contributed by atoms with Gasteiger partial charge in [-0.1, -0.05) is 32.9 Å². The summed E-state index contributed by atoms with van der Waals surface area (Å²) < 4.78 is 17.8. The van der Waals surface area contributed by atoms with Gasteiger partial charge in [-0.2, -0.15) is 0 Å². The predicted octanol–water partition coefficient (Wildman–Crippen LogP) is 4.28. The van der Waals surface area contributed by atoms with E-state index in [9.17, 15) is 0 Å². The van der Waals surface area contributed by atoms with Crippen molar-refractivity contribution >= 4 is 8.56 Å². The van der Waals surface area contributed by atoms with Crippen molar-refractivity contribution in [3.8, 4) is 0 Å². The van der Waals surface area contributed by atoms with Crippen LogP contribution in [0.4, 0.5) is 0 Å². The van der Waals surface area contributed by atoms with E-state index >= 15 is 0 Å². The summed E-state index contributed by atoms with van der Waals surface area (Å²) in [6.07, 6.45) is 3.12. The molecule has 0 fully saturated rings. The lowest BCUT2D eigenvalue weighted by Crippen LogP contribution is -2.42. The van der Waals surface area contributed by atoms with E-state index in [2.05, 4.69) is 27.4 Å². The first kappa shape index (κ1) is 18.8. The van der Waals surface area contributed by atoms with E-state index in [1.54, 1.807) is 0 Å². The first-order valence-corrected chi connectivity index (χ1v) is 9.83. The molecule has 0 aliphatic rings. The molecule has 0 rings (SSSR count). The van der Waals surface area contributed by atoms with Gasteiger partial charge in [0.25, 0.3) is 0 Å². The quantitative estimate of drug-likeness (QED) is 0.287. The van der Waals surface area contributed by atoms with Crippen molar-refractivity contribution in [1.82, 2.24) is 0 Å². The zero-order chi connectivity index (χ0) is 14.6. The summed E-state index contributed by atoms with van der Waals surface area (Å²) in [5.41, 5.74) is 1.07. The molecule has 0 amide bonds. The minimum atomic E-state index is -1.99. The van der Waals surface area contributed by atoms with Crippen molar-refractivity contribution < 1.29 is 13.6 Å². The van der Waals surface area contributed by atoms with Gasteiger partial charge < -0.3 is 13.6 Å². The smallest absolute Gasteiger partial charge is 0.337 e. The molecule has 0 aromatic rings. The van der Waals surface area contributed by atoms with E-state index in [-0.39, 0.29) is 0 Å². The second kappa shape index (κ2) is 11.6. The minimum Gasteiger partial charge on any atom is -0.394 e. The highest BCUT2D eigenvalue weighted by atomic mass is 28.4. The SMILES string of the molecule is C=C(C)COCCC[Si](CC)(OCCC)OCCC. The van der Waals surface area contributed by atoms with Crippen LogP contribution < -0.4 is 0 Å². The molecule has 0 bridgehead atoms. The van der Waals surface area contributed by atoms with Crippen molar-refractivity contribution in [2.24, 2.45) is 0 Å². The molecule has 3 nitrogen and oxygen atoms in total. The molecule has 0 spiro atoms. The molecule has 0 aliphatic heterocycles. The maximum absolute atomic E-state index is 6.10. The highest BCUT2D eigenvalue weighted by Crippen LogP contribution is 2.21. The Morgan fingerprint density at radius 1 is 1.00 bits per heavy atom. The van der Waals surface area contributed by atoms with Crippen molar-refractivity contribution in [2.75, 3.05) is 26.4 Å². The lowest BCUT2D eigenvalue weighted by molar-refractivity contribution is 0.142. The fourth-order valence-corrected chi connectivity index (χ4v) is 4.80. The van der Waals surface area contributed by atoms with Gasteiger partial charge in [-0.25, -0.2) is 0 Å². The molecule has 114 valence electrons. The Bertz CT molecular complexity index is 223. The van der Waals surface area contributed by atoms with Crippen LogP contribution in [0.1, 0.15) is 47.0 Å². The Morgan fingerprint density at radius 2 is 1.58 bits per heavy atom. The van der Waals surface area contributed by atoms with Gasteiger partial charge in [-0.3, -0.25) is 0 Å². The summed E-state index contributed by atoms with van der Waals surface area (Å²) >= 11 is 0. The van der Waals surface area contributed by atoms with E-state index in [0.29, 0.717) is 6.61 Å². The van der Waals surface area contributed by atoms with E-state index in [1.807, 2.05) is 6.92 Å². The largest absolute Gasteiger partial charge is 0.394 e. The Balaban J connectivity index is 4.11. The second-order valence-electron chi connectivity index (χ2n) is 5.07. The number of rotatable bonds is 13. The third-order valence-corrected chi connectivity index (χ3v) is 6.53. The Kier molecular flexibility index (Phi) is 11.5. The van der Waals surface area contributed by atoms with Gasteiger partial charge in [0.2, 0.25) is 0 Å². The topological polar surface area (TPSA) is 27.7 Å². The van der Waals surface area contributed by atoms with Crippen molar-refractivity contribution in [3.05, 3.63) is 12.2 Å². The normalized spacial score (nSPS) is 11.8. The van der Waals surface area contributed by atoms with Crippen LogP contribution in [-0.2, 0) is 13.6 Å². The highest BCUT2D eigenvalue weighted by Gasteiger charge is 2.34. The lowest BCUT2D eigenvalue weighted by Gasteiger charge is -2.29. The maximum atomic E-state index is 6.10. The molecule has 19 heavy (non-hydrogen) atoms. The van der Waals surface area contributed by atoms with E-state index < -0.39 is 8.56 Å². The molecule has 0 aliphatic carbocycles. The number of hydrogen-bond acceptors (Lipinski definition) is 3. The summed E-state index contributed by atoms with van der Waals surface area (Å²) in [5, 5.41) is 0. The van der Waals surface area contributed by atoms with Crippen LogP contribution in [0.3, 0.4) is 0 Å². The molecule has 0 aromatic carbocycles. The molecule has 0 N–H and O–H groups in total. The first-order valence-electron chi connectivity index (χ1n) is 7.60. The molecule has 0 unspecified atom stereocenters. The number of hydrogen-bond donors (Lipinski definition) is 0. The summed E-state index contributed by atoms with van der Waals surface area (Å²) in [6, 6.07) is 2.05. The van der Waals surface area contributed by atoms with Gasteiger partial charge in [0.05, 0.1) is 6.61 Å². The fraction of sp³-hybridized carbons (Fsp3) is 0.867. The molecule has 0 saturated heterocycles. The fourth-order valence-electron chi connectivity index (χ4n) is 1.83. The maximum Gasteiger partial charge on any atom is 0.337 e. The average molecular weight is 289 g/mol. The van der Waals surface area contributed by atoms with Crippen LogP contribution in [0.5, 0.6) is 0 Å². The monoisotopic (exact) mass is 288 g/mol. The highest BCUT2D eigenvalue weighted by molar-refractivity contribution is 6.67. The van der Waals surface area contributed by atoms with Crippen LogP contribution in [0.25, 0.3) is 0 Å².